The molecule has 0 fully saturated rings. The highest BCUT2D eigenvalue weighted by Gasteiger charge is 2.24. The van der Waals surface area contributed by atoms with Crippen LogP contribution < -0.4 is 4.74 Å². The van der Waals surface area contributed by atoms with E-state index < -0.39 is 5.97 Å². The van der Waals surface area contributed by atoms with Gasteiger partial charge in [0.05, 0.1) is 0 Å². The molecule has 9 heteroatoms. The average molecular weight is 371 g/mol. The van der Waals surface area contributed by atoms with Crippen molar-refractivity contribution in [3.63, 3.8) is 0 Å². The van der Waals surface area contributed by atoms with Gasteiger partial charge in [0, 0.05) is 16.6 Å². The first-order valence-electron chi connectivity index (χ1n) is 6.17. The fourth-order valence-corrected chi connectivity index (χ4v) is 3.35. The summed E-state index contributed by atoms with van der Waals surface area (Å²) in [6.07, 6.45) is 0.858. The van der Waals surface area contributed by atoms with E-state index >= 15 is 0 Å². The molecular weight excluding hydrogens is 360 g/mol. The number of carboxylic acid groups (broad SMARTS) is 1. The molecule has 0 saturated heterocycles. The van der Waals surface area contributed by atoms with Gasteiger partial charge in [-0.15, -0.1) is 5.10 Å². The summed E-state index contributed by atoms with van der Waals surface area (Å²) in [6, 6.07) is 5.94. The van der Waals surface area contributed by atoms with Crippen molar-refractivity contribution < 1.29 is 14.6 Å². The second-order valence-corrected chi connectivity index (χ2v) is 6.42. The number of nitrogens with zero attached hydrogens (tertiary/aromatic N) is 4. The van der Waals surface area contributed by atoms with Gasteiger partial charge in [0.1, 0.15) is 18.4 Å². The van der Waals surface area contributed by atoms with E-state index in [9.17, 15) is 4.79 Å². The molecule has 1 aliphatic heterocycles. The average Bonchev–Trinajstić information content (AvgIpc) is 3.01. The molecule has 110 valence electrons. The van der Waals surface area contributed by atoms with E-state index in [2.05, 4.69) is 37.5 Å². The van der Waals surface area contributed by atoms with Crippen LogP contribution in [0.1, 0.15) is 5.56 Å². The third-order valence-corrected chi connectivity index (χ3v) is 4.53. The van der Waals surface area contributed by atoms with Crippen LogP contribution in [-0.4, -0.2) is 43.1 Å². The molecule has 1 atom stereocenters. The van der Waals surface area contributed by atoms with Crippen LogP contribution >= 0.6 is 27.7 Å². The first-order valence-corrected chi connectivity index (χ1v) is 7.95. The smallest absolute Gasteiger partial charge is 0.325 e. The number of benzene rings is 1. The van der Waals surface area contributed by atoms with Crippen molar-refractivity contribution in [2.45, 2.75) is 24.2 Å². The number of hydrogen-bond acceptors (Lipinski definition) is 6. The molecule has 2 heterocycles. The molecule has 0 amide bonds. The Morgan fingerprint density at radius 2 is 2.43 bits per heavy atom. The summed E-state index contributed by atoms with van der Waals surface area (Å²) < 4.78 is 8.15. The van der Waals surface area contributed by atoms with Crippen molar-refractivity contribution in [1.29, 1.82) is 0 Å². The Bertz CT molecular complexity index is 678. The lowest BCUT2D eigenvalue weighted by Crippen LogP contribution is -2.17. The van der Waals surface area contributed by atoms with Gasteiger partial charge in [-0.05, 0) is 34.2 Å². The molecule has 2 aromatic rings. The Morgan fingerprint density at radius 1 is 1.57 bits per heavy atom. The van der Waals surface area contributed by atoms with E-state index in [1.54, 1.807) is 0 Å². The van der Waals surface area contributed by atoms with Crippen molar-refractivity contribution in [2.24, 2.45) is 0 Å². The summed E-state index contributed by atoms with van der Waals surface area (Å²) in [5.74, 6) is 0.583. The van der Waals surface area contributed by atoms with Gasteiger partial charge in [-0.2, -0.15) is 0 Å². The maximum absolute atomic E-state index is 10.7. The van der Waals surface area contributed by atoms with Crippen LogP contribution in [0.3, 0.4) is 0 Å². The van der Waals surface area contributed by atoms with Crippen molar-refractivity contribution >= 4 is 33.7 Å². The van der Waals surface area contributed by atoms with Gasteiger partial charge < -0.3 is 9.84 Å². The summed E-state index contributed by atoms with van der Waals surface area (Å²) in [5.41, 5.74) is 1.17. The van der Waals surface area contributed by atoms with Gasteiger partial charge in [0.2, 0.25) is 5.16 Å². The zero-order chi connectivity index (χ0) is 14.8. The molecule has 21 heavy (non-hydrogen) atoms. The highest BCUT2D eigenvalue weighted by Crippen LogP contribution is 2.33. The van der Waals surface area contributed by atoms with Crippen molar-refractivity contribution in [3.8, 4) is 5.75 Å². The van der Waals surface area contributed by atoms with E-state index in [4.69, 9.17) is 9.84 Å². The standard InChI is InChI=1S/C12H11BrN4O3S/c13-8-1-2-10-7(3-8)4-9(20-10)6-21-12-14-15-16-17(12)5-11(18)19/h1-3,9H,4-6H2,(H,18,19). The number of tetrazole rings is 1. The highest BCUT2D eigenvalue weighted by atomic mass is 79.9. The Kier molecular flexibility index (Phi) is 4.11. The molecule has 1 aromatic carbocycles. The number of carbonyl (C=O) groups is 1. The predicted octanol–water partition coefficient (Wildman–Crippen LogP) is 1.62. The Morgan fingerprint density at radius 3 is 3.24 bits per heavy atom. The Hall–Kier alpha value is -1.61. The lowest BCUT2D eigenvalue weighted by Gasteiger charge is -2.09. The Balaban J connectivity index is 1.60. The number of halogens is 1. The minimum atomic E-state index is -0.974. The van der Waals surface area contributed by atoms with Crippen LogP contribution in [0.4, 0.5) is 0 Å². The maximum Gasteiger partial charge on any atom is 0.325 e. The summed E-state index contributed by atoms with van der Waals surface area (Å²) in [7, 11) is 0. The third kappa shape index (κ3) is 3.35. The molecule has 7 nitrogen and oxygen atoms in total. The van der Waals surface area contributed by atoms with Crippen molar-refractivity contribution in [1.82, 2.24) is 20.2 Å². The predicted molar refractivity (Wildman–Crippen MR) is 78.4 cm³/mol. The number of hydrogen-bond donors (Lipinski definition) is 1. The number of fused-ring (bicyclic) bond motifs is 1. The molecule has 1 unspecified atom stereocenters. The van der Waals surface area contributed by atoms with Crippen LogP contribution in [0.2, 0.25) is 0 Å². The van der Waals surface area contributed by atoms with Crippen LogP contribution in [0.15, 0.2) is 27.8 Å². The topological polar surface area (TPSA) is 90.1 Å². The first-order chi connectivity index (χ1) is 10.1. The molecule has 1 aliphatic rings. The molecule has 0 aliphatic carbocycles. The molecule has 0 spiro atoms. The molecular formula is C12H11BrN4O3S. The van der Waals surface area contributed by atoms with E-state index in [-0.39, 0.29) is 12.6 Å². The zero-order valence-electron chi connectivity index (χ0n) is 10.8. The molecule has 0 radical (unpaired) electrons. The van der Waals surface area contributed by atoms with Crippen LogP contribution in [-0.2, 0) is 17.8 Å². The van der Waals surface area contributed by atoms with Crippen molar-refractivity contribution in [3.05, 3.63) is 28.2 Å². The lowest BCUT2D eigenvalue weighted by atomic mass is 10.1. The molecule has 0 saturated carbocycles. The van der Waals surface area contributed by atoms with Crippen LogP contribution in [0.5, 0.6) is 5.75 Å². The van der Waals surface area contributed by atoms with Gasteiger partial charge in [-0.3, -0.25) is 4.79 Å². The highest BCUT2D eigenvalue weighted by molar-refractivity contribution is 9.10. The van der Waals surface area contributed by atoms with Gasteiger partial charge in [0.25, 0.3) is 0 Å². The van der Waals surface area contributed by atoms with E-state index in [0.29, 0.717) is 10.9 Å². The summed E-state index contributed by atoms with van der Waals surface area (Å²) in [6.45, 7) is -0.242. The minimum Gasteiger partial charge on any atom is -0.489 e. The van der Waals surface area contributed by atoms with Gasteiger partial charge in [0.15, 0.2) is 0 Å². The second-order valence-electron chi connectivity index (χ2n) is 4.52. The molecule has 1 aromatic heterocycles. The summed E-state index contributed by atoms with van der Waals surface area (Å²) in [5, 5.41) is 20.3. The fourth-order valence-electron chi connectivity index (χ4n) is 2.08. The molecule has 3 rings (SSSR count). The number of aromatic nitrogens is 4. The van der Waals surface area contributed by atoms with E-state index in [1.165, 1.54) is 22.0 Å². The minimum absolute atomic E-state index is 0.0364. The SMILES string of the molecule is O=C(O)Cn1nnnc1SCC1Cc2cc(Br)ccc2O1. The molecule has 0 bridgehead atoms. The van der Waals surface area contributed by atoms with Gasteiger partial charge in [-0.1, -0.05) is 27.7 Å². The van der Waals surface area contributed by atoms with E-state index in [0.717, 1.165) is 16.6 Å². The lowest BCUT2D eigenvalue weighted by molar-refractivity contribution is -0.138. The maximum atomic E-state index is 10.7. The van der Waals surface area contributed by atoms with Crippen molar-refractivity contribution in [2.75, 3.05) is 5.75 Å². The first kappa shape index (κ1) is 14.3. The zero-order valence-corrected chi connectivity index (χ0v) is 13.2. The van der Waals surface area contributed by atoms with Gasteiger partial charge in [-0.25, -0.2) is 4.68 Å². The number of carboxylic acids is 1. The number of ether oxygens (including phenoxy) is 1. The van der Waals surface area contributed by atoms with Crippen LogP contribution in [0.25, 0.3) is 0 Å². The van der Waals surface area contributed by atoms with Gasteiger partial charge >= 0.3 is 5.97 Å². The van der Waals surface area contributed by atoms with E-state index in [1.807, 2.05) is 12.1 Å². The second kappa shape index (κ2) is 6.02. The van der Waals surface area contributed by atoms with Crippen LogP contribution in [0, 0.1) is 0 Å². The normalized spacial score (nSPS) is 16.5. The number of rotatable bonds is 5. The number of thioether (sulfide) groups is 1. The largest absolute Gasteiger partial charge is 0.489 e. The monoisotopic (exact) mass is 370 g/mol. The fraction of sp³-hybridized carbons (Fsp3) is 0.333. The quantitative estimate of drug-likeness (QED) is 0.799. The third-order valence-electron chi connectivity index (χ3n) is 2.95. The summed E-state index contributed by atoms with van der Waals surface area (Å²) >= 11 is 4.84. The number of aliphatic carboxylic acids is 1. The molecule has 1 N–H and O–H groups in total. The summed E-state index contributed by atoms with van der Waals surface area (Å²) in [4.78, 5) is 10.7. The Labute approximate surface area is 132 Å².